The number of hydrogen-bond acceptors (Lipinski definition) is 4. The highest BCUT2D eigenvalue weighted by Crippen LogP contribution is 2.48. The van der Waals surface area contributed by atoms with E-state index in [1.165, 1.54) is 37.7 Å². The van der Waals surface area contributed by atoms with E-state index < -0.39 is 13.3 Å². The molecule has 172 valence electrons. The quantitative estimate of drug-likeness (QED) is 0.171. The Morgan fingerprint density at radius 2 is 2.03 bits per heavy atom. The summed E-state index contributed by atoms with van der Waals surface area (Å²) in [5, 5.41) is 15.5. The zero-order valence-electron chi connectivity index (χ0n) is 17.7. The summed E-state index contributed by atoms with van der Waals surface area (Å²) in [5.41, 5.74) is 1.29. The van der Waals surface area contributed by atoms with E-state index in [1.54, 1.807) is 30.3 Å². The molecule has 2 heterocycles. The summed E-state index contributed by atoms with van der Waals surface area (Å²) in [6.07, 6.45) is 2.67. The van der Waals surface area contributed by atoms with Crippen LogP contribution < -0.4 is 20.7 Å². The van der Waals surface area contributed by atoms with Gasteiger partial charge in [-0.1, -0.05) is 23.2 Å². The molecule has 4 aromatic rings. The first kappa shape index (κ1) is 23.8. The number of nitrogens with one attached hydrogen (secondary N) is 2. The molecule has 8 nitrogen and oxygen atoms in total. The molecule has 0 radical (unpaired) electrons. The smallest absolute Gasteiger partial charge is 0.268 e. The van der Waals surface area contributed by atoms with Crippen molar-refractivity contribution in [2.45, 2.75) is 6.54 Å². The van der Waals surface area contributed by atoms with Gasteiger partial charge in [0.25, 0.3) is 13.3 Å². The first-order chi connectivity index (χ1) is 16.2. The Bertz CT molecular complexity index is 1510. The molecule has 0 saturated carbocycles. The van der Waals surface area contributed by atoms with Crippen molar-refractivity contribution in [1.29, 1.82) is 0 Å². The highest BCUT2D eigenvalue weighted by molar-refractivity contribution is 7.75. The van der Waals surface area contributed by atoms with Crippen LogP contribution in [0.3, 0.4) is 0 Å². The van der Waals surface area contributed by atoms with Gasteiger partial charge in [0.15, 0.2) is 18.1 Å². The minimum absolute atomic E-state index is 0.0118. The number of hydrogen-bond donors (Lipinski definition) is 2. The molecule has 34 heavy (non-hydrogen) atoms. The molecule has 0 aliphatic heterocycles. The normalized spacial score (nSPS) is 12.8. The Morgan fingerprint density at radius 3 is 2.74 bits per heavy atom. The maximum Gasteiger partial charge on any atom is 0.268 e. The number of fused-ring (bicyclic) bond motifs is 1. The van der Waals surface area contributed by atoms with E-state index in [0.717, 1.165) is 0 Å². The van der Waals surface area contributed by atoms with Gasteiger partial charge in [-0.3, -0.25) is 9.36 Å². The summed E-state index contributed by atoms with van der Waals surface area (Å²) >= 11 is 12.4. The number of benzene rings is 2. The summed E-state index contributed by atoms with van der Waals surface area (Å²) in [4.78, 5) is 19.6. The van der Waals surface area contributed by atoms with E-state index in [9.17, 15) is 14.6 Å². The lowest BCUT2D eigenvalue weighted by atomic mass is 10.2. The lowest BCUT2D eigenvalue weighted by Gasteiger charge is -2.19. The molecule has 0 aliphatic rings. The number of aromatic amines is 1. The van der Waals surface area contributed by atoms with Crippen LogP contribution in [0.4, 0.5) is 5.69 Å². The Morgan fingerprint density at radius 1 is 1.24 bits per heavy atom. The van der Waals surface area contributed by atoms with Crippen molar-refractivity contribution in [2.75, 3.05) is 7.11 Å². The SMILES string of the molecule is [C-]#[N+]c1cc(Cl)cc(P(=O)(OC)c2c(C(=O)NCc3ccc[n+]([O-])c3)[nH]c3ccc(Cl)cc23)c1. The van der Waals surface area contributed by atoms with Crippen LogP contribution in [0.1, 0.15) is 16.1 Å². The second kappa shape index (κ2) is 9.49. The Balaban J connectivity index is 1.87. The number of carbonyl (C=O) groups is 1. The molecule has 1 atom stereocenters. The topological polar surface area (TPSA) is 102 Å². The van der Waals surface area contributed by atoms with E-state index in [1.807, 2.05) is 0 Å². The molecular formula is C23H17Cl2N4O4P. The lowest BCUT2D eigenvalue weighted by molar-refractivity contribution is -0.605. The maximum absolute atomic E-state index is 14.4. The van der Waals surface area contributed by atoms with E-state index in [2.05, 4.69) is 15.1 Å². The maximum atomic E-state index is 14.4. The molecule has 2 aromatic carbocycles. The number of pyridine rings is 1. The molecule has 2 N–H and O–H groups in total. The zero-order valence-corrected chi connectivity index (χ0v) is 20.1. The van der Waals surface area contributed by atoms with Crippen molar-refractivity contribution in [2.24, 2.45) is 0 Å². The summed E-state index contributed by atoms with van der Waals surface area (Å²) in [6, 6.07) is 12.5. The van der Waals surface area contributed by atoms with Crippen molar-refractivity contribution < 1.29 is 18.6 Å². The predicted octanol–water partition coefficient (Wildman–Crippen LogP) is 4.46. The van der Waals surface area contributed by atoms with Crippen LogP contribution in [0.25, 0.3) is 15.7 Å². The number of amides is 1. The minimum Gasteiger partial charge on any atom is -0.619 e. The fourth-order valence-corrected chi connectivity index (χ4v) is 6.31. The van der Waals surface area contributed by atoms with E-state index in [4.69, 9.17) is 34.3 Å². The number of rotatable bonds is 6. The Hall–Kier alpha value is -3.34. The molecule has 0 saturated heterocycles. The van der Waals surface area contributed by atoms with Crippen LogP contribution in [-0.2, 0) is 15.6 Å². The summed E-state index contributed by atoms with van der Waals surface area (Å²) < 4.78 is 20.5. The van der Waals surface area contributed by atoms with Gasteiger partial charge in [-0.05, 0) is 42.5 Å². The van der Waals surface area contributed by atoms with Gasteiger partial charge in [0.2, 0.25) is 0 Å². The van der Waals surface area contributed by atoms with Gasteiger partial charge in [-0.2, -0.15) is 4.73 Å². The van der Waals surface area contributed by atoms with Crippen molar-refractivity contribution in [1.82, 2.24) is 10.3 Å². The van der Waals surface area contributed by atoms with Crippen LogP contribution >= 0.6 is 30.6 Å². The predicted molar refractivity (Wildman–Crippen MR) is 131 cm³/mol. The highest BCUT2D eigenvalue weighted by atomic mass is 35.5. The summed E-state index contributed by atoms with van der Waals surface area (Å²) in [7, 11) is -2.65. The first-order valence-electron chi connectivity index (χ1n) is 9.87. The number of aromatic nitrogens is 2. The van der Waals surface area contributed by atoms with Crippen molar-refractivity contribution in [3.8, 4) is 0 Å². The van der Waals surface area contributed by atoms with Gasteiger partial charge in [-0.15, -0.1) is 0 Å². The van der Waals surface area contributed by atoms with Gasteiger partial charge >= 0.3 is 0 Å². The van der Waals surface area contributed by atoms with Crippen LogP contribution in [0.15, 0.2) is 60.9 Å². The van der Waals surface area contributed by atoms with E-state index in [-0.39, 0.29) is 33.6 Å². The number of nitrogens with zero attached hydrogens (tertiary/aromatic N) is 2. The minimum atomic E-state index is -3.92. The van der Waals surface area contributed by atoms with Gasteiger partial charge < -0.3 is 20.0 Å². The van der Waals surface area contributed by atoms with Crippen LogP contribution in [-0.4, -0.2) is 18.0 Å². The Kier molecular flexibility index (Phi) is 6.65. The van der Waals surface area contributed by atoms with Crippen LogP contribution in [0.2, 0.25) is 10.0 Å². The largest absolute Gasteiger partial charge is 0.619 e. The molecule has 0 fully saturated rings. The number of H-pyrrole nitrogens is 1. The molecule has 11 heteroatoms. The highest BCUT2D eigenvalue weighted by Gasteiger charge is 2.36. The lowest BCUT2D eigenvalue weighted by Crippen LogP contribution is -2.31. The molecule has 2 aromatic heterocycles. The van der Waals surface area contributed by atoms with Crippen LogP contribution in [0.5, 0.6) is 0 Å². The second-order valence-corrected chi connectivity index (χ2v) is 10.6. The van der Waals surface area contributed by atoms with Crippen molar-refractivity contribution in [3.05, 3.63) is 98.9 Å². The second-order valence-electron chi connectivity index (χ2n) is 7.31. The molecule has 1 unspecified atom stereocenters. The number of halogens is 2. The number of carbonyl (C=O) groups excluding carboxylic acids is 1. The molecule has 0 bridgehead atoms. The zero-order chi connectivity index (χ0) is 24.5. The third-order valence-electron chi connectivity index (χ3n) is 5.14. The average molecular weight is 515 g/mol. The third kappa shape index (κ3) is 4.52. The summed E-state index contributed by atoms with van der Waals surface area (Å²) in [5.74, 6) is -0.562. The Labute approximate surface area is 204 Å². The van der Waals surface area contributed by atoms with Crippen LogP contribution in [0, 0.1) is 11.8 Å². The molecule has 0 aliphatic carbocycles. The van der Waals surface area contributed by atoms with Crippen molar-refractivity contribution >= 4 is 63.7 Å². The molecule has 1 amide bonds. The van der Waals surface area contributed by atoms with Gasteiger partial charge in [0.1, 0.15) is 5.69 Å². The monoisotopic (exact) mass is 514 g/mol. The first-order valence-corrected chi connectivity index (χ1v) is 12.3. The van der Waals surface area contributed by atoms with Crippen molar-refractivity contribution in [3.63, 3.8) is 0 Å². The van der Waals surface area contributed by atoms with Gasteiger partial charge in [0, 0.05) is 51.5 Å². The van der Waals surface area contributed by atoms with Gasteiger partial charge in [-0.25, -0.2) is 4.85 Å². The standard InChI is InChI=1S/C23H17Cl2N4O4P/c1-26-17-8-16(25)9-18(11-17)34(32,33-2)22-19-10-15(24)5-6-20(19)28-21(22)23(30)27-12-14-4-3-7-29(31)13-14/h3-11,13,28H,12H2,2H3,(H,27,30). The average Bonchev–Trinajstić information content (AvgIpc) is 3.21. The van der Waals surface area contributed by atoms with Gasteiger partial charge in [0.05, 0.1) is 11.9 Å². The molecule has 0 spiro atoms. The fraction of sp³-hybridized carbons (Fsp3) is 0.0870. The van der Waals surface area contributed by atoms with E-state index >= 15 is 0 Å². The molecular weight excluding hydrogens is 498 g/mol. The summed E-state index contributed by atoms with van der Waals surface area (Å²) in [6.45, 7) is 7.38. The van der Waals surface area contributed by atoms with E-state index in [0.29, 0.717) is 26.2 Å². The molecule has 4 rings (SSSR count). The third-order valence-corrected chi connectivity index (χ3v) is 8.10. The fourth-order valence-electron chi connectivity index (χ4n) is 3.62.